The molecule has 1 radical (unpaired) electrons. The maximum absolute atomic E-state index is 5.52. The van der Waals surface area contributed by atoms with Crippen molar-refractivity contribution in [1.29, 1.82) is 0 Å². The maximum atomic E-state index is 5.52. The van der Waals surface area contributed by atoms with Gasteiger partial charge < -0.3 is 4.74 Å². The Hall–Kier alpha value is -1.05. The highest BCUT2D eigenvalue weighted by molar-refractivity contribution is 5.71. The summed E-state index contributed by atoms with van der Waals surface area (Å²) in [6, 6.07) is 0. The number of rotatable bonds is 1. The van der Waals surface area contributed by atoms with Gasteiger partial charge in [0.1, 0.15) is 5.76 Å². The van der Waals surface area contributed by atoms with Gasteiger partial charge in [-0.25, -0.2) is 0 Å². The summed E-state index contributed by atoms with van der Waals surface area (Å²) in [6.07, 6.45) is 14.8. The van der Waals surface area contributed by atoms with Crippen LogP contribution in [0.15, 0.2) is 29.3 Å². The predicted octanol–water partition coefficient (Wildman–Crippen LogP) is 3.37. The van der Waals surface area contributed by atoms with E-state index in [1.165, 1.54) is 44.4 Å². The van der Waals surface area contributed by atoms with Crippen LogP contribution in [0.5, 0.6) is 0 Å². The number of aliphatic imine (C=N–C) groups is 1. The molecule has 0 unspecified atom stereocenters. The first-order chi connectivity index (χ1) is 6.97. The molecule has 0 aromatic carbocycles. The lowest BCUT2D eigenvalue weighted by molar-refractivity contribution is 0.337. The average molecular weight is 190 g/mol. The molecule has 0 spiro atoms. The molecule has 1 saturated carbocycles. The van der Waals surface area contributed by atoms with Crippen LogP contribution < -0.4 is 0 Å². The van der Waals surface area contributed by atoms with Crippen molar-refractivity contribution in [3.63, 3.8) is 0 Å². The minimum Gasteiger partial charge on any atom is -0.467 e. The van der Waals surface area contributed by atoms with Crippen LogP contribution >= 0.6 is 0 Å². The smallest absolute Gasteiger partial charge is 0.128 e. The van der Waals surface area contributed by atoms with E-state index in [0.717, 1.165) is 5.76 Å². The molecule has 0 atom stereocenters. The molecule has 75 valence electrons. The van der Waals surface area contributed by atoms with E-state index in [9.17, 15) is 0 Å². The molecule has 0 bridgehead atoms. The third kappa shape index (κ3) is 2.47. The van der Waals surface area contributed by atoms with Gasteiger partial charge in [-0.05, 0) is 18.9 Å². The summed E-state index contributed by atoms with van der Waals surface area (Å²) in [6.45, 7) is 0. The normalized spacial score (nSPS) is 23.6. The Bertz CT molecular complexity index is 257. The van der Waals surface area contributed by atoms with Gasteiger partial charge in [-0.3, -0.25) is 4.99 Å². The van der Waals surface area contributed by atoms with Gasteiger partial charge in [-0.15, -0.1) is 0 Å². The lowest BCUT2D eigenvalue weighted by Crippen LogP contribution is -2.01. The fraction of sp³-hybridized carbons (Fsp3) is 0.500. The van der Waals surface area contributed by atoms with Crippen LogP contribution in [0, 0.1) is 5.92 Å². The highest BCUT2D eigenvalue weighted by Crippen LogP contribution is 2.31. The standard InChI is InChI=1S/C12H16NO/c1-2-4-7-11(6-3-1)12-10-13-8-5-9-14-12/h5,8-10H,1-4,6-7H2. The van der Waals surface area contributed by atoms with E-state index >= 15 is 0 Å². The van der Waals surface area contributed by atoms with E-state index in [-0.39, 0.29) is 0 Å². The molecule has 1 heterocycles. The van der Waals surface area contributed by atoms with Crippen molar-refractivity contribution >= 4 is 6.21 Å². The van der Waals surface area contributed by atoms with Gasteiger partial charge in [-0.2, -0.15) is 0 Å². The van der Waals surface area contributed by atoms with Gasteiger partial charge in [0.2, 0.25) is 0 Å². The molecule has 0 aromatic rings. The van der Waals surface area contributed by atoms with Crippen LogP contribution in [0.3, 0.4) is 0 Å². The zero-order valence-electron chi connectivity index (χ0n) is 8.41. The van der Waals surface area contributed by atoms with Crippen LogP contribution in [-0.4, -0.2) is 6.21 Å². The van der Waals surface area contributed by atoms with Crippen molar-refractivity contribution in [3.05, 3.63) is 30.2 Å². The highest BCUT2D eigenvalue weighted by Gasteiger charge is 2.18. The summed E-state index contributed by atoms with van der Waals surface area (Å²) >= 11 is 0. The molecule has 1 aliphatic heterocycles. The van der Waals surface area contributed by atoms with E-state index in [1.807, 2.05) is 12.3 Å². The van der Waals surface area contributed by atoms with Crippen molar-refractivity contribution in [1.82, 2.24) is 0 Å². The Morgan fingerprint density at radius 3 is 2.64 bits per heavy atom. The quantitative estimate of drug-likeness (QED) is 0.581. The van der Waals surface area contributed by atoms with Crippen molar-refractivity contribution in [2.24, 2.45) is 4.99 Å². The topological polar surface area (TPSA) is 21.6 Å². The molecule has 2 rings (SSSR count). The first-order valence-electron chi connectivity index (χ1n) is 5.37. The van der Waals surface area contributed by atoms with E-state index in [1.54, 1.807) is 12.5 Å². The Labute approximate surface area is 85.4 Å². The van der Waals surface area contributed by atoms with E-state index in [4.69, 9.17) is 4.74 Å². The van der Waals surface area contributed by atoms with Crippen molar-refractivity contribution in [2.45, 2.75) is 38.5 Å². The van der Waals surface area contributed by atoms with Crippen LogP contribution in [0.25, 0.3) is 0 Å². The second-order valence-electron chi connectivity index (χ2n) is 3.76. The molecule has 0 amide bonds. The summed E-state index contributed by atoms with van der Waals surface area (Å²) in [7, 11) is 0. The third-order valence-electron chi connectivity index (χ3n) is 2.69. The molecule has 0 N–H and O–H groups in total. The Balaban J connectivity index is 2.01. The number of nitrogens with zero attached hydrogens (tertiary/aromatic N) is 1. The zero-order valence-corrected chi connectivity index (χ0v) is 8.41. The fourth-order valence-electron chi connectivity index (χ4n) is 1.91. The predicted molar refractivity (Wildman–Crippen MR) is 57.7 cm³/mol. The first kappa shape index (κ1) is 9.50. The average Bonchev–Trinajstić information content (AvgIpc) is 2.62. The molecule has 2 aliphatic rings. The van der Waals surface area contributed by atoms with E-state index < -0.39 is 0 Å². The van der Waals surface area contributed by atoms with Crippen LogP contribution in [0.1, 0.15) is 38.5 Å². The molecule has 0 aromatic heterocycles. The number of ether oxygens (including phenoxy) is 1. The van der Waals surface area contributed by atoms with Crippen molar-refractivity contribution in [2.75, 3.05) is 0 Å². The summed E-state index contributed by atoms with van der Waals surface area (Å²) < 4.78 is 5.52. The minimum atomic E-state index is 0.969. The van der Waals surface area contributed by atoms with Gasteiger partial charge in [0.15, 0.2) is 0 Å². The van der Waals surface area contributed by atoms with Gasteiger partial charge in [0, 0.05) is 12.1 Å². The Morgan fingerprint density at radius 1 is 1.07 bits per heavy atom. The molecule has 1 fully saturated rings. The second-order valence-corrected chi connectivity index (χ2v) is 3.76. The number of hydrogen-bond donors (Lipinski definition) is 0. The molecular formula is C12H16NO. The SMILES string of the molecule is C1=COC([C]2CCCCCC2)=CN=C1. The molecule has 0 saturated heterocycles. The van der Waals surface area contributed by atoms with Crippen LogP contribution in [0.4, 0.5) is 0 Å². The second kappa shape index (κ2) is 4.99. The largest absolute Gasteiger partial charge is 0.467 e. The minimum absolute atomic E-state index is 0.969. The van der Waals surface area contributed by atoms with Gasteiger partial charge >= 0.3 is 0 Å². The first-order valence-corrected chi connectivity index (χ1v) is 5.37. The Morgan fingerprint density at radius 2 is 1.86 bits per heavy atom. The van der Waals surface area contributed by atoms with Crippen molar-refractivity contribution < 1.29 is 4.74 Å². The lowest BCUT2D eigenvalue weighted by Gasteiger charge is -2.14. The summed E-state index contributed by atoms with van der Waals surface area (Å²) in [4.78, 5) is 4.14. The van der Waals surface area contributed by atoms with E-state index in [2.05, 4.69) is 4.99 Å². The van der Waals surface area contributed by atoms with Crippen molar-refractivity contribution in [3.8, 4) is 0 Å². The third-order valence-corrected chi connectivity index (χ3v) is 2.69. The number of allylic oxidation sites excluding steroid dienone is 2. The monoisotopic (exact) mass is 190 g/mol. The summed E-state index contributed by atoms with van der Waals surface area (Å²) in [5.74, 6) is 2.41. The highest BCUT2D eigenvalue weighted by atomic mass is 16.5. The molecule has 14 heavy (non-hydrogen) atoms. The van der Waals surface area contributed by atoms with Gasteiger partial charge in [0.25, 0.3) is 0 Å². The summed E-state index contributed by atoms with van der Waals surface area (Å²) in [5, 5.41) is 0. The maximum Gasteiger partial charge on any atom is 0.128 e. The van der Waals surface area contributed by atoms with Gasteiger partial charge in [0.05, 0.1) is 12.5 Å². The molecule has 2 nitrogen and oxygen atoms in total. The van der Waals surface area contributed by atoms with Crippen LogP contribution in [0.2, 0.25) is 0 Å². The number of hydrogen-bond acceptors (Lipinski definition) is 2. The fourth-order valence-corrected chi connectivity index (χ4v) is 1.91. The summed E-state index contributed by atoms with van der Waals surface area (Å²) in [5.41, 5.74) is 0. The van der Waals surface area contributed by atoms with Gasteiger partial charge in [-0.1, -0.05) is 25.7 Å². The molecule has 1 aliphatic carbocycles. The zero-order chi connectivity index (χ0) is 9.64. The van der Waals surface area contributed by atoms with Crippen LogP contribution in [-0.2, 0) is 4.74 Å². The Kier molecular flexibility index (Phi) is 3.39. The lowest BCUT2D eigenvalue weighted by atomic mass is 9.98. The molecular weight excluding hydrogens is 174 g/mol. The molecule has 2 heteroatoms. The van der Waals surface area contributed by atoms with E-state index in [0.29, 0.717) is 0 Å².